The number of likely N-dealkylation sites (N-methyl/N-ethyl adjacent to an activating group) is 3. The van der Waals surface area contributed by atoms with Crippen molar-refractivity contribution in [3.05, 3.63) is 83.1 Å². The second kappa shape index (κ2) is 50.7. The molecular weight excluding hydrogens is 1760 g/mol. The number of carbonyl (C=O) groups is 18. The van der Waals surface area contributed by atoms with Gasteiger partial charge in [-0.2, -0.15) is 0 Å². The van der Waals surface area contributed by atoms with Crippen molar-refractivity contribution >= 4 is 129 Å². The van der Waals surface area contributed by atoms with Gasteiger partial charge in [0.2, 0.25) is 100 Å². The van der Waals surface area contributed by atoms with Gasteiger partial charge in [0.05, 0.1) is 30.5 Å². The van der Waals surface area contributed by atoms with Crippen LogP contribution in [0.25, 0.3) is 10.9 Å². The van der Waals surface area contributed by atoms with Gasteiger partial charge in [-0.25, -0.2) is 4.98 Å². The van der Waals surface area contributed by atoms with E-state index in [4.69, 9.17) is 27.9 Å². The molecule has 0 aliphatic carbocycles. The Morgan fingerprint density at radius 3 is 1.80 bits per heavy atom. The summed E-state index contributed by atoms with van der Waals surface area (Å²) >= 11 is 0.787. The fraction of sp³-hybridized carbons (Fsp3) is 0.611. The van der Waals surface area contributed by atoms with Gasteiger partial charge in [-0.1, -0.05) is 97.6 Å². The lowest BCUT2D eigenvalue weighted by Gasteiger charge is -2.36. The molecule has 22 N–H and O–H groups in total. The van der Waals surface area contributed by atoms with Crippen molar-refractivity contribution in [3.63, 3.8) is 0 Å². The summed E-state index contributed by atoms with van der Waals surface area (Å²) in [5.74, 6) is -18.6. The Bertz CT molecular complexity index is 4870. The van der Waals surface area contributed by atoms with E-state index in [-0.39, 0.29) is 106 Å². The number of carboxylic acids is 1. The van der Waals surface area contributed by atoms with Gasteiger partial charge in [-0.05, 0) is 119 Å². The minimum absolute atomic E-state index is 0.00617. The Hall–Kier alpha value is -12.3. The molecule has 8 rings (SSSR count). The fourth-order valence-corrected chi connectivity index (χ4v) is 18.0. The van der Waals surface area contributed by atoms with Crippen LogP contribution in [0.15, 0.2) is 54.7 Å². The van der Waals surface area contributed by atoms with Gasteiger partial charge in [-0.3, -0.25) is 86.3 Å². The van der Waals surface area contributed by atoms with Gasteiger partial charge in [0.25, 0.3) is 0 Å². The minimum Gasteiger partial charge on any atom is -0.508 e. The number of nitrogens with zero attached hydrogens (tertiary/aromatic N) is 7. The standard InChI is InChI=1S/C90H134N22O21S/c1-11-13-22-68-83(126)100-59(34-48(3)4)80(123)106-66(78(121)96-44-73(94)116)46-134-47-75(117)98-62(36-51-26-28-53(113)29-27-51)86(129)107(8)50(7)77(120)102-64(40-72(93)115)88(131)111-33-19-25-69(111)84(127)105-65(42-92)82(125)103-61(35-49(5)6)89(132)112-45-54(114)38-71(112)85(128)101-60(37-52-43-95-56-21-16-15-20-55(52)56)81(124)99-57(30-31-91)79(122)104-63(87(130)109(10)70(23-14-12-2)90(133)108(68)9)39-58-67-24-17-18-32-110(67)74(97-58)41-76(118)119/h15-16,20-21,26-29,43,48-50,54,57,59-66,68-71,95,113-114H,11-14,17-19,22-25,30-42,44-47,91-92H2,1-10H3,(H2,93,115)(H2,94,116)(H,96,121)(H,98,117)(H,99,124)(H,100,126)(H,101,128)(H,102,120)(H,103,125)(H,104,122)(H,105,127)(H,106,123)(H,118,119)/t50-,54+,57-,59-,60-,61-,62-,63-,64-,65-,66-,68-,69-,70-,71-/m0/s1. The second-order valence-corrected chi connectivity index (χ2v) is 36.7. The summed E-state index contributed by atoms with van der Waals surface area (Å²) in [7, 11) is 3.92. The van der Waals surface area contributed by atoms with Crippen LogP contribution in [0.1, 0.15) is 173 Å². The highest BCUT2D eigenvalue weighted by molar-refractivity contribution is 8.00. The largest absolute Gasteiger partial charge is 0.508 e. The zero-order chi connectivity index (χ0) is 98.6. The highest BCUT2D eigenvalue weighted by atomic mass is 32.2. The molecule has 6 heterocycles. The number of aromatic amines is 1. The van der Waals surface area contributed by atoms with Gasteiger partial charge in [0, 0.05) is 102 Å². The smallest absolute Gasteiger partial charge is 0.311 e. The van der Waals surface area contributed by atoms with E-state index in [1.165, 1.54) is 57.2 Å². The SMILES string of the molecule is CCCC[C@H]1C(=O)N(C)[C@@H](CCCC)C(=O)N[C@@H](CC(C)C)C(=O)N[C@H](C(=O)NCC(N)=O)CSCC(=O)N[C@@H](Cc2ccc(O)cc2)C(=O)N(C)[C@@H](C)C(=O)N[C@@H](CC(N)=O)C(=O)N2CCC[C@H]2C(=O)N[C@@H](CN)C(=O)N[C@@H](CC(C)C)C(=O)N2C[C@H](O)C[C@H]2C(=O)N[C@@H](Cc2c[nH]c3ccccc23)C(=O)N[C@@H](CCN)C(=O)N[C@@H](Cc2nc(CC(=O)O)n3c2CCCC3)C(=O)N1C. The third-order valence-corrected chi connectivity index (χ3v) is 25.5. The maximum absolute atomic E-state index is 16.0. The number of primary amides is 2. The van der Waals surface area contributed by atoms with Gasteiger partial charge in [-0.15, -0.1) is 11.8 Å². The van der Waals surface area contributed by atoms with Crippen molar-refractivity contribution < 1.29 is 102 Å². The first-order chi connectivity index (χ1) is 63.6. The number of amides is 17. The van der Waals surface area contributed by atoms with Gasteiger partial charge in [0.15, 0.2) is 0 Å². The van der Waals surface area contributed by atoms with Crippen LogP contribution < -0.4 is 76.1 Å². The number of hydrogen-bond donors (Lipinski definition) is 18. The number of aliphatic hydroxyl groups excluding tert-OH is 1. The van der Waals surface area contributed by atoms with Crippen LogP contribution in [-0.4, -0.2) is 317 Å². The monoisotopic (exact) mass is 1890 g/mol. The molecule has 2 aromatic heterocycles. The number of unbranched alkanes of at least 4 members (excludes halogenated alkanes) is 2. The molecule has 43 nitrogen and oxygen atoms in total. The van der Waals surface area contributed by atoms with Crippen LogP contribution in [0.5, 0.6) is 5.75 Å². The van der Waals surface area contributed by atoms with E-state index in [1.807, 2.05) is 13.8 Å². The Morgan fingerprint density at radius 2 is 1.15 bits per heavy atom. The number of phenolic OH excluding ortho intramolecular Hbond substituents is 1. The van der Waals surface area contributed by atoms with Crippen molar-refractivity contribution in [2.45, 2.75) is 274 Å². The Morgan fingerprint density at radius 1 is 0.575 bits per heavy atom. The highest BCUT2D eigenvalue weighted by Gasteiger charge is 2.47. The molecule has 4 aliphatic heterocycles. The van der Waals surface area contributed by atoms with Crippen LogP contribution >= 0.6 is 11.8 Å². The van der Waals surface area contributed by atoms with E-state index in [9.17, 15) is 68.1 Å². The lowest BCUT2D eigenvalue weighted by atomic mass is 9.99. The Kier molecular flexibility index (Phi) is 40.5. The lowest BCUT2D eigenvalue weighted by molar-refractivity contribution is -0.149. The first-order valence-electron chi connectivity index (χ1n) is 45.8. The van der Waals surface area contributed by atoms with Crippen molar-refractivity contribution in [2.75, 3.05) is 65.4 Å². The lowest BCUT2D eigenvalue weighted by Crippen LogP contribution is -2.62. The zero-order valence-corrected chi connectivity index (χ0v) is 78.7. The second-order valence-electron chi connectivity index (χ2n) is 35.7. The zero-order valence-electron chi connectivity index (χ0n) is 77.8. The number of thioether (sulfide) groups is 1. The number of aliphatic hydroxyl groups is 1. The Labute approximate surface area is 782 Å². The topological polar surface area (TPSA) is 642 Å². The van der Waals surface area contributed by atoms with Crippen LogP contribution in [0.2, 0.25) is 0 Å². The molecule has 44 heteroatoms. The van der Waals surface area contributed by atoms with E-state index in [0.717, 1.165) is 31.4 Å². The number of hydrogen-bond acceptors (Lipinski definition) is 24. The Balaban J connectivity index is 1.20. The van der Waals surface area contributed by atoms with Gasteiger partial charge in [0.1, 0.15) is 103 Å². The molecular formula is C90H134N22O21S. The number of aliphatic carboxylic acids is 1. The molecule has 4 aliphatic rings. The van der Waals surface area contributed by atoms with Crippen LogP contribution in [0.3, 0.4) is 0 Å². The summed E-state index contributed by atoms with van der Waals surface area (Å²) in [6.07, 6.45) is 0.665. The fourth-order valence-electron chi connectivity index (χ4n) is 17.1. The van der Waals surface area contributed by atoms with E-state index in [1.54, 1.807) is 62.7 Å². The van der Waals surface area contributed by atoms with Crippen LogP contribution in [-0.2, 0) is 125 Å². The summed E-state index contributed by atoms with van der Waals surface area (Å²) < 4.78 is 1.76. The summed E-state index contributed by atoms with van der Waals surface area (Å²) in [6.45, 7) is 10.2. The molecule has 2 aromatic carbocycles. The number of carbonyl (C=O) groups excluding carboxylic acids is 17. The number of rotatable bonds is 26. The number of para-hydroxylation sites is 1. The first-order valence-corrected chi connectivity index (χ1v) is 47.0. The van der Waals surface area contributed by atoms with Crippen LogP contribution in [0, 0.1) is 11.8 Å². The average Bonchev–Trinajstić information content (AvgIpc) is 1.62. The van der Waals surface area contributed by atoms with E-state index in [0.29, 0.717) is 79.2 Å². The highest BCUT2D eigenvalue weighted by Crippen LogP contribution is 2.29. The summed E-state index contributed by atoms with van der Waals surface area (Å²) in [5, 5.41) is 59.0. The number of aromatic nitrogens is 3. The van der Waals surface area contributed by atoms with Crippen molar-refractivity contribution in [1.29, 1.82) is 0 Å². The molecule has 0 radical (unpaired) electrons. The molecule has 4 aromatic rings. The molecule has 17 amide bonds. The minimum atomic E-state index is -1.77. The number of benzene rings is 2. The molecule has 3 saturated heterocycles. The average molecular weight is 1890 g/mol. The molecule has 0 saturated carbocycles. The van der Waals surface area contributed by atoms with Crippen molar-refractivity contribution in [2.24, 2.45) is 34.8 Å². The summed E-state index contributed by atoms with van der Waals surface area (Å²) in [4.78, 5) is 275. The predicted molar refractivity (Wildman–Crippen MR) is 492 cm³/mol. The van der Waals surface area contributed by atoms with Crippen molar-refractivity contribution in [3.8, 4) is 5.75 Å². The number of imidazole rings is 1. The number of phenols is 1. The third-order valence-electron chi connectivity index (χ3n) is 24.5. The predicted octanol–water partition coefficient (Wildman–Crippen LogP) is -3.12. The molecule has 736 valence electrons. The summed E-state index contributed by atoms with van der Waals surface area (Å²) in [5.41, 5.74) is 26.0. The van der Waals surface area contributed by atoms with Gasteiger partial charge >= 0.3 is 5.97 Å². The van der Waals surface area contributed by atoms with E-state index >= 15 is 33.6 Å². The number of fused-ring (bicyclic) bond motifs is 4. The maximum atomic E-state index is 16.0. The van der Waals surface area contributed by atoms with Crippen LogP contribution in [0.4, 0.5) is 0 Å². The maximum Gasteiger partial charge on any atom is 0.311 e. The number of nitrogens with two attached hydrogens (primary N) is 4. The first kappa shape index (κ1) is 107. The normalized spacial score (nSPS) is 25.4. The quantitative estimate of drug-likeness (QED) is 0.0296. The van der Waals surface area contributed by atoms with E-state index < -0.39 is 247 Å². The molecule has 134 heavy (non-hydrogen) atoms. The van der Waals surface area contributed by atoms with Gasteiger partial charge < -0.3 is 125 Å². The number of nitrogens with one attached hydrogen (secondary N) is 11. The third kappa shape index (κ3) is 29.6. The number of aromatic hydroxyl groups is 1. The summed E-state index contributed by atoms with van der Waals surface area (Å²) in [6, 6.07) is -8.81. The number of H-pyrrole nitrogens is 1. The molecule has 15 atom stereocenters. The molecule has 0 spiro atoms. The molecule has 3 fully saturated rings. The number of carboxylic acid groups (broad SMARTS) is 1. The molecule has 0 unspecified atom stereocenters. The van der Waals surface area contributed by atoms with Crippen molar-refractivity contribution in [1.82, 2.24) is 92.2 Å². The van der Waals surface area contributed by atoms with E-state index in [2.05, 4.69) is 58.2 Å². The molecule has 0 bridgehead atoms.